The van der Waals surface area contributed by atoms with Gasteiger partial charge in [0.05, 0.1) is 6.10 Å². The first-order valence-electron chi connectivity index (χ1n) is 9.32. The summed E-state index contributed by atoms with van der Waals surface area (Å²) in [7, 11) is 0. The molecule has 0 aliphatic heterocycles. The normalized spacial score (nSPS) is 25.1. The maximum Gasteiger partial charge on any atom is 0.130 e. The van der Waals surface area contributed by atoms with Crippen molar-refractivity contribution in [2.24, 2.45) is 5.92 Å². The van der Waals surface area contributed by atoms with Crippen molar-refractivity contribution in [3.05, 3.63) is 70.8 Å². The summed E-state index contributed by atoms with van der Waals surface area (Å²) in [4.78, 5) is 0. The molecule has 1 fully saturated rings. The Morgan fingerprint density at radius 3 is 2.40 bits per heavy atom. The van der Waals surface area contributed by atoms with Crippen LogP contribution in [0.5, 0.6) is 0 Å². The molecule has 1 aliphatic carbocycles. The van der Waals surface area contributed by atoms with Crippen molar-refractivity contribution >= 4 is 0 Å². The van der Waals surface area contributed by atoms with Gasteiger partial charge in [-0.25, -0.2) is 4.39 Å². The molecule has 0 bridgehead atoms. The van der Waals surface area contributed by atoms with Crippen LogP contribution < -0.4 is 0 Å². The molecule has 4 atom stereocenters. The largest absolute Gasteiger partial charge is 0.392 e. The van der Waals surface area contributed by atoms with Gasteiger partial charge < -0.3 is 5.11 Å². The monoisotopic (exact) mass is 340 g/mol. The van der Waals surface area contributed by atoms with Gasteiger partial charge in [0.15, 0.2) is 0 Å². The molecule has 2 heteroatoms. The highest BCUT2D eigenvalue weighted by atomic mass is 19.1. The van der Waals surface area contributed by atoms with Crippen LogP contribution >= 0.6 is 0 Å². The van der Waals surface area contributed by atoms with Crippen molar-refractivity contribution in [2.45, 2.75) is 64.1 Å². The van der Waals surface area contributed by atoms with E-state index >= 15 is 0 Å². The van der Waals surface area contributed by atoms with E-state index in [4.69, 9.17) is 0 Å². The SMILES string of the molecule is Cc1ccc(C(C)(C)F)cc1C1C(O)CCC1C(C)c1ccccc1. The highest BCUT2D eigenvalue weighted by molar-refractivity contribution is 5.38. The topological polar surface area (TPSA) is 20.2 Å². The van der Waals surface area contributed by atoms with Crippen LogP contribution in [0, 0.1) is 12.8 Å². The third-order valence-electron chi connectivity index (χ3n) is 5.96. The number of aryl methyl sites for hydroxylation is 1. The number of aliphatic hydroxyl groups is 1. The number of aliphatic hydroxyl groups excluding tert-OH is 1. The lowest BCUT2D eigenvalue weighted by Gasteiger charge is -2.30. The smallest absolute Gasteiger partial charge is 0.130 e. The van der Waals surface area contributed by atoms with Crippen molar-refractivity contribution in [1.29, 1.82) is 0 Å². The Morgan fingerprint density at radius 1 is 1.08 bits per heavy atom. The number of hydrogen-bond acceptors (Lipinski definition) is 1. The third kappa shape index (κ3) is 3.64. The fourth-order valence-electron chi connectivity index (χ4n) is 4.38. The van der Waals surface area contributed by atoms with Crippen molar-refractivity contribution in [3.63, 3.8) is 0 Å². The standard InChI is InChI=1S/C23H29FO/c1-15-10-11-18(23(3,4)24)14-20(15)22-19(12-13-21(22)25)16(2)17-8-6-5-7-9-17/h5-11,14,16,19,21-22,25H,12-13H2,1-4H3. The Labute approximate surface area is 150 Å². The van der Waals surface area contributed by atoms with E-state index in [1.807, 2.05) is 24.3 Å². The summed E-state index contributed by atoms with van der Waals surface area (Å²) in [6.45, 7) is 7.51. The van der Waals surface area contributed by atoms with Crippen LogP contribution in [0.25, 0.3) is 0 Å². The second-order valence-electron chi connectivity index (χ2n) is 8.08. The highest BCUT2D eigenvalue weighted by Gasteiger charge is 2.40. The fourth-order valence-corrected chi connectivity index (χ4v) is 4.38. The Bertz CT molecular complexity index is 717. The second kappa shape index (κ2) is 6.92. The summed E-state index contributed by atoms with van der Waals surface area (Å²) in [6, 6.07) is 16.4. The van der Waals surface area contributed by atoms with Gasteiger partial charge in [-0.2, -0.15) is 0 Å². The van der Waals surface area contributed by atoms with Gasteiger partial charge in [0.1, 0.15) is 5.67 Å². The summed E-state index contributed by atoms with van der Waals surface area (Å²) in [5, 5.41) is 10.7. The predicted molar refractivity (Wildman–Crippen MR) is 102 cm³/mol. The molecule has 25 heavy (non-hydrogen) atoms. The van der Waals surface area contributed by atoms with Crippen LogP contribution in [0.1, 0.15) is 67.7 Å². The lowest BCUT2D eigenvalue weighted by atomic mass is 9.75. The van der Waals surface area contributed by atoms with Gasteiger partial charge in [-0.1, -0.05) is 55.5 Å². The lowest BCUT2D eigenvalue weighted by molar-refractivity contribution is 0.151. The first-order chi connectivity index (χ1) is 11.8. The minimum atomic E-state index is -1.37. The van der Waals surface area contributed by atoms with Crippen LogP contribution in [0.3, 0.4) is 0 Å². The van der Waals surface area contributed by atoms with Gasteiger partial charge in [0.25, 0.3) is 0 Å². The van der Waals surface area contributed by atoms with Gasteiger partial charge in [-0.3, -0.25) is 0 Å². The van der Waals surface area contributed by atoms with E-state index < -0.39 is 5.67 Å². The van der Waals surface area contributed by atoms with Crippen LogP contribution in [-0.4, -0.2) is 11.2 Å². The Morgan fingerprint density at radius 2 is 1.76 bits per heavy atom. The average molecular weight is 340 g/mol. The van der Waals surface area contributed by atoms with Gasteiger partial charge >= 0.3 is 0 Å². The van der Waals surface area contributed by atoms with Crippen LogP contribution in [0.2, 0.25) is 0 Å². The van der Waals surface area contributed by atoms with Gasteiger partial charge in [-0.05, 0) is 67.7 Å². The minimum absolute atomic E-state index is 0.0671. The first kappa shape index (κ1) is 18.1. The van der Waals surface area contributed by atoms with E-state index in [0.29, 0.717) is 17.4 Å². The summed E-state index contributed by atoms with van der Waals surface area (Å²) in [6.07, 6.45) is 1.47. The zero-order valence-corrected chi connectivity index (χ0v) is 15.7. The maximum absolute atomic E-state index is 14.5. The summed E-state index contributed by atoms with van der Waals surface area (Å²) in [5.41, 5.74) is 2.89. The van der Waals surface area contributed by atoms with E-state index in [1.54, 1.807) is 13.8 Å². The second-order valence-corrected chi connectivity index (χ2v) is 8.08. The molecule has 134 valence electrons. The molecule has 1 N–H and O–H groups in total. The van der Waals surface area contributed by atoms with E-state index in [2.05, 4.69) is 38.1 Å². The number of rotatable bonds is 4. The van der Waals surface area contributed by atoms with Crippen LogP contribution in [-0.2, 0) is 5.67 Å². The van der Waals surface area contributed by atoms with E-state index in [-0.39, 0.29) is 12.0 Å². The highest BCUT2D eigenvalue weighted by Crippen LogP contribution is 2.48. The maximum atomic E-state index is 14.5. The zero-order valence-electron chi connectivity index (χ0n) is 15.7. The zero-order chi connectivity index (χ0) is 18.2. The molecule has 2 aromatic carbocycles. The van der Waals surface area contributed by atoms with Gasteiger partial charge in [-0.15, -0.1) is 0 Å². The molecule has 2 aromatic rings. The first-order valence-corrected chi connectivity index (χ1v) is 9.32. The van der Waals surface area contributed by atoms with Crippen molar-refractivity contribution in [1.82, 2.24) is 0 Å². The molecule has 0 aromatic heterocycles. The molecule has 1 saturated carbocycles. The Kier molecular flexibility index (Phi) is 5.02. The molecule has 1 aliphatic rings. The average Bonchev–Trinajstić information content (AvgIpc) is 2.96. The molecule has 4 unspecified atom stereocenters. The number of hydrogen-bond donors (Lipinski definition) is 1. The van der Waals surface area contributed by atoms with Gasteiger partial charge in [0, 0.05) is 5.92 Å². The molecule has 1 nitrogen and oxygen atoms in total. The van der Waals surface area contributed by atoms with Crippen LogP contribution in [0.4, 0.5) is 4.39 Å². The van der Waals surface area contributed by atoms with Crippen LogP contribution in [0.15, 0.2) is 48.5 Å². The lowest BCUT2D eigenvalue weighted by Crippen LogP contribution is -2.22. The number of benzene rings is 2. The summed E-state index contributed by atoms with van der Waals surface area (Å²) >= 11 is 0. The fraction of sp³-hybridized carbons (Fsp3) is 0.478. The molecular formula is C23H29FO. The predicted octanol–water partition coefficient (Wildman–Crippen LogP) is 5.86. The number of alkyl halides is 1. The van der Waals surface area contributed by atoms with Gasteiger partial charge in [0.2, 0.25) is 0 Å². The molecule has 3 rings (SSSR count). The summed E-state index contributed by atoms with van der Waals surface area (Å²) < 4.78 is 14.5. The molecule has 0 radical (unpaired) electrons. The number of halogens is 1. The van der Waals surface area contributed by atoms with Crippen molar-refractivity contribution < 1.29 is 9.50 Å². The third-order valence-corrected chi connectivity index (χ3v) is 5.96. The van der Waals surface area contributed by atoms with E-state index in [9.17, 15) is 9.50 Å². The molecule has 0 saturated heterocycles. The molecule has 0 amide bonds. The van der Waals surface area contributed by atoms with Crippen molar-refractivity contribution in [3.8, 4) is 0 Å². The minimum Gasteiger partial charge on any atom is -0.392 e. The molecule has 0 spiro atoms. The Hall–Kier alpha value is -1.67. The molecule has 0 heterocycles. The van der Waals surface area contributed by atoms with E-state index in [1.165, 1.54) is 5.56 Å². The summed E-state index contributed by atoms with van der Waals surface area (Å²) in [5.74, 6) is 0.802. The van der Waals surface area contributed by atoms with E-state index in [0.717, 1.165) is 24.0 Å². The Balaban J connectivity index is 1.99. The quantitative estimate of drug-likeness (QED) is 0.739. The molecular weight excluding hydrogens is 311 g/mol. The van der Waals surface area contributed by atoms with Crippen molar-refractivity contribution in [2.75, 3.05) is 0 Å².